The first kappa shape index (κ1) is 22.4. The maximum Gasteiger partial charge on any atom is 0.336 e. The maximum absolute atomic E-state index is 13.5. The van der Waals surface area contributed by atoms with Crippen LogP contribution >= 0.6 is 31.9 Å². The second-order valence-electron chi connectivity index (χ2n) is 7.29. The summed E-state index contributed by atoms with van der Waals surface area (Å²) >= 11 is 7.08. The van der Waals surface area contributed by atoms with Crippen molar-refractivity contribution in [3.05, 3.63) is 78.9 Å². The summed E-state index contributed by atoms with van der Waals surface area (Å²) in [5.74, 6) is 1.81. The molecule has 0 fully saturated rings. The van der Waals surface area contributed by atoms with Gasteiger partial charge in [-0.25, -0.2) is 4.79 Å². The Labute approximate surface area is 203 Å². The molecule has 2 aromatic rings. The van der Waals surface area contributed by atoms with Gasteiger partial charge < -0.3 is 14.8 Å². The smallest absolute Gasteiger partial charge is 0.336 e. The van der Waals surface area contributed by atoms with E-state index in [4.69, 9.17) is 15.9 Å². The number of hydrogen-bond acceptors (Lipinski definition) is 5. The molecule has 1 aliphatic carbocycles. The Morgan fingerprint density at radius 1 is 1.19 bits per heavy atom. The summed E-state index contributed by atoms with van der Waals surface area (Å²) in [7, 11) is 0. The monoisotopic (exact) mass is 555 g/mol. The number of ketones is 1. The summed E-state index contributed by atoms with van der Waals surface area (Å²) in [5, 5.41) is 3.29. The van der Waals surface area contributed by atoms with Crippen LogP contribution in [0.5, 0.6) is 5.75 Å². The first-order valence-corrected chi connectivity index (χ1v) is 11.6. The van der Waals surface area contributed by atoms with Gasteiger partial charge in [-0.1, -0.05) is 30.2 Å². The van der Waals surface area contributed by atoms with Gasteiger partial charge in [0.15, 0.2) is 5.78 Å². The number of ether oxygens (including phenoxy) is 2. The average Bonchev–Trinajstić information content (AvgIpc) is 3.04. The zero-order chi connectivity index (χ0) is 23.0. The zero-order valence-electron chi connectivity index (χ0n) is 17.4. The van der Waals surface area contributed by atoms with Crippen LogP contribution in [0.2, 0.25) is 0 Å². The van der Waals surface area contributed by atoms with Gasteiger partial charge in [-0.3, -0.25) is 4.79 Å². The van der Waals surface area contributed by atoms with Crippen LogP contribution in [-0.4, -0.2) is 25.0 Å². The number of carbonyl (C=O) groups excluding carboxylic acids is 2. The fraction of sp³-hybridized carbons (Fsp3) is 0.200. The number of rotatable bonds is 5. The highest BCUT2D eigenvalue weighted by Gasteiger charge is 2.43. The fourth-order valence-electron chi connectivity index (χ4n) is 4.14. The number of allylic oxidation sites excluding steroid dienone is 2. The van der Waals surface area contributed by atoms with E-state index < -0.39 is 11.9 Å². The predicted molar refractivity (Wildman–Crippen MR) is 129 cm³/mol. The molecule has 1 atom stereocenters. The van der Waals surface area contributed by atoms with Gasteiger partial charge in [0.05, 0.1) is 26.8 Å². The van der Waals surface area contributed by atoms with Gasteiger partial charge >= 0.3 is 5.97 Å². The van der Waals surface area contributed by atoms with E-state index in [0.717, 1.165) is 16.8 Å². The molecule has 2 aromatic carbocycles. The Morgan fingerprint density at radius 2 is 1.84 bits per heavy atom. The third-order valence-electron chi connectivity index (χ3n) is 5.40. The largest absolute Gasteiger partial charge is 0.479 e. The van der Waals surface area contributed by atoms with Crippen molar-refractivity contribution in [2.75, 3.05) is 13.2 Å². The van der Waals surface area contributed by atoms with Crippen molar-refractivity contribution in [2.45, 2.75) is 19.8 Å². The molecule has 7 heteroatoms. The molecule has 1 aliphatic heterocycles. The second kappa shape index (κ2) is 8.97. The number of esters is 1. The second-order valence-corrected chi connectivity index (χ2v) is 9.00. The normalized spacial score (nSPS) is 16.8. The van der Waals surface area contributed by atoms with Crippen molar-refractivity contribution in [1.29, 1.82) is 0 Å². The first-order valence-electron chi connectivity index (χ1n) is 9.97. The molecule has 5 nitrogen and oxygen atoms in total. The summed E-state index contributed by atoms with van der Waals surface area (Å²) in [6.07, 6.45) is 5.32. The molecule has 0 unspecified atom stereocenters. The molecule has 0 radical (unpaired) electrons. The summed E-state index contributed by atoms with van der Waals surface area (Å²) in [6.45, 7) is 3.92. The van der Waals surface area contributed by atoms with Crippen LogP contribution in [-0.2, 0) is 9.53 Å². The summed E-state index contributed by atoms with van der Waals surface area (Å²) < 4.78 is 12.3. The summed E-state index contributed by atoms with van der Waals surface area (Å²) in [4.78, 5) is 26.5. The van der Waals surface area contributed by atoms with Crippen LogP contribution in [0.15, 0.2) is 62.2 Å². The molecule has 1 heterocycles. The van der Waals surface area contributed by atoms with Crippen molar-refractivity contribution in [1.82, 2.24) is 5.32 Å². The third-order valence-corrected chi connectivity index (χ3v) is 6.58. The topological polar surface area (TPSA) is 64.6 Å². The van der Waals surface area contributed by atoms with Gasteiger partial charge in [0.2, 0.25) is 0 Å². The van der Waals surface area contributed by atoms with E-state index in [1.165, 1.54) is 0 Å². The third kappa shape index (κ3) is 3.68. The molecular weight excluding hydrogens is 538 g/mol. The zero-order valence-corrected chi connectivity index (χ0v) is 20.6. The van der Waals surface area contributed by atoms with Crippen molar-refractivity contribution in [3.63, 3.8) is 0 Å². The lowest BCUT2D eigenvalue weighted by molar-refractivity contribution is -0.138. The standard InChI is InChI=1S/C25H19Br2NO4/c1-4-10-32-24-17(26)11-14(12-18(24)27)20-19(25(30)31-5-2)13(3)28-22-15-8-6-7-9-16(15)23(29)21(20)22/h1,6-9,11-12,20,28H,5,10H2,2-3H3/t20-/m0/s1. The van der Waals surface area contributed by atoms with Gasteiger partial charge in [-0.2, -0.15) is 0 Å². The van der Waals surface area contributed by atoms with Crippen LogP contribution in [0.3, 0.4) is 0 Å². The molecule has 162 valence electrons. The molecular formula is C25H19Br2NO4. The molecule has 2 aliphatic rings. The number of fused-ring (bicyclic) bond motifs is 2. The number of terminal acetylenes is 1. The Morgan fingerprint density at radius 3 is 2.47 bits per heavy atom. The maximum atomic E-state index is 13.5. The van der Waals surface area contributed by atoms with Crippen molar-refractivity contribution < 1.29 is 19.1 Å². The molecule has 0 aromatic heterocycles. The van der Waals surface area contributed by atoms with Crippen LogP contribution in [0, 0.1) is 12.3 Å². The minimum Gasteiger partial charge on any atom is -0.479 e. The SMILES string of the molecule is C#CCOc1c(Br)cc([C@H]2C(C(=O)OCC)=C(C)NC3=C2C(=O)c2ccccc23)cc1Br. The number of hydrogen-bond donors (Lipinski definition) is 1. The van der Waals surface area contributed by atoms with Crippen LogP contribution in [0.4, 0.5) is 0 Å². The highest BCUT2D eigenvalue weighted by atomic mass is 79.9. The Balaban J connectivity index is 1.91. The molecule has 0 bridgehead atoms. The molecule has 4 rings (SSSR count). The molecule has 0 saturated carbocycles. The number of nitrogens with one attached hydrogen (secondary N) is 1. The number of carbonyl (C=O) groups is 2. The lowest BCUT2D eigenvalue weighted by Gasteiger charge is -2.29. The summed E-state index contributed by atoms with van der Waals surface area (Å²) in [5.41, 5.74) is 4.48. The minimum atomic E-state index is -0.612. The summed E-state index contributed by atoms with van der Waals surface area (Å²) in [6, 6.07) is 11.1. The van der Waals surface area contributed by atoms with E-state index >= 15 is 0 Å². The molecule has 0 spiro atoms. The van der Waals surface area contributed by atoms with E-state index in [1.54, 1.807) is 13.0 Å². The Bertz CT molecular complexity index is 1230. The fourth-order valence-corrected chi connectivity index (χ4v) is 5.59. The Hall–Kier alpha value is -2.82. The van der Waals surface area contributed by atoms with E-state index in [1.807, 2.05) is 37.3 Å². The molecule has 32 heavy (non-hydrogen) atoms. The van der Waals surface area contributed by atoms with Crippen LogP contribution < -0.4 is 10.1 Å². The van der Waals surface area contributed by atoms with E-state index in [9.17, 15) is 9.59 Å². The van der Waals surface area contributed by atoms with Crippen molar-refractivity contribution in [3.8, 4) is 18.1 Å². The highest BCUT2D eigenvalue weighted by molar-refractivity contribution is 9.11. The number of benzene rings is 2. The molecule has 0 amide bonds. The van der Waals surface area contributed by atoms with Gasteiger partial charge in [0, 0.05) is 28.3 Å². The van der Waals surface area contributed by atoms with Crippen LogP contribution in [0.25, 0.3) is 5.70 Å². The predicted octanol–water partition coefficient (Wildman–Crippen LogP) is 5.36. The van der Waals surface area contributed by atoms with Gasteiger partial charge in [-0.05, 0) is 63.4 Å². The number of dihydropyridines is 1. The van der Waals surface area contributed by atoms with E-state index in [0.29, 0.717) is 37.1 Å². The lowest BCUT2D eigenvalue weighted by Crippen LogP contribution is -2.29. The van der Waals surface area contributed by atoms with Crippen molar-refractivity contribution >= 4 is 49.3 Å². The molecule has 0 saturated heterocycles. The average molecular weight is 557 g/mol. The van der Waals surface area contributed by atoms with Gasteiger partial charge in [0.25, 0.3) is 0 Å². The highest BCUT2D eigenvalue weighted by Crippen LogP contribution is 2.48. The van der Waals surface area contributed by atoms with E-state index in [2.05, 4.69) is 43.1 Å². The first-order chi connectivity index (χ1) is 15.4. The van der Waals surface area contributed by atoms with Crippen molar-refractivity contribution in [2.24, 2.45) is 0 Å². The number of Topliss-reactive ketones (excluding diaryl/α,β-unsaturated/α-hetero) is 1. The Kier molecular flexibility index (Phi) is 6.27. The minimum absolute atomic E-state index is 0.109. The lowest BCUT2D eigenvalue weighted by atomic mass is 9.80. The van der Waals surface area contributed by atoms with Gasteiger partial charge in [0.1, 0.15) is 12.4 Å². The van der Waals surface area contributed by atoms with Crippen LogP contribution in [0.1, 0.15) is 41.3 Å². The quantitative estimate of drug-likeness (QED) is 0.397. The van der Waals surface area contributed by atoms with Gasteiger partial charge in [-0.15, -0.1) is 6.42 Å². The van der Waals surface area contributed by atoms with E-state index in [-0.39, 0.29) is 19.0 Å². The number of halogens is 2. The molecule has 1 N–H and O–H groups in total.